The maximum atomic E-state index is 12.6. The average Bonchev–Trinajstić information content (AvgIpc) is 3.41. The lowest BCUT2D eigenvalue weighted by Crippen LogP contribution is -2.14. The Bertz CT molecular complexity index is 1430. The SMILES string of the molecule is Cc1nc(N/N=C2/CCc3ccccc32)sc1-c1ccc(S(=O)(=O)Nc2ncccn2)cc1. The molecule has 0 bridgehead atoms. The first-order valence-corrected chi connectivity index (χ1v) is 12.6. The summed E-state index contributed by atoms with van der Waals surface area (Å²) in [6.45, 7) is 1.92. The number of anilines is 2. The number of aryl methyl sites for hydroxylation is 2. The Hall–Kier alpha value is -3.63. The molecule has 1 aliphatic rings. The van der Waals surface area contributed by atoms with Crippen LogP contribution in [-0.2, 0) is 16.4 Å². The Kier molecular flexibility index (Phi) is 5.61. The fourth-order valence-corrected chi connectivity index (χ4v) is 5.54. The van der Waals surface area contributed by atoms with Gasteiger partial charge >= 0.3 is 0 Å². The Labute approximate surface area is 195 Å². The molecule has 0 unspecified atom stereocenters. The van der Waals surface area contributed by atoms with E-state index in [1.807, 2.05) is 19.1 Å². The van der Waals surface area contributed by atoms with Gasteiger partial charge in [0.05, 0.1) is 21.2 Å². The molecule has 4 aromatic rings. The highest BCUT2D eigenvalue weighted by Crippen LogP contribution is 2.33. The molecule has 1 aliphatic carbocycles. The van der Waals surface area contributed by atoms with E-state index in [2.05, 4.69) is 42.3 Å². The molecule has 8 nitrogen and oxygen atoms in total. The van der Waals surface area contributed by atoms with E-state index < -0.39 is 10.0 Å². The molecule has 2 N–H and O–H groups in total. The minimum absolute atomic E-state index is 0.0297. The lowest BCUT2D eigenvalue weighted by molar-refractivity contribution is 0.601. The third kappa shape index (κ3) is 4.48. The molecule has 0 fully saturated rings. The maximum absolute atomic E-state index is 12.6. The highest BCUT2D eigenvalue weighted by molar-refractivity contribution is 7.92. The van der Waals surface area contributed by atoms with E-state index in [9.17, 15) is 8.42 Å². The number of rotatable bonds is 6. The van der Waals surface area contributed by atoms with Crippen LogP contribution in [0.3, 0.4) is 0 Å². The molecule has 33 heavy (non-hydrogen) atoms. The minimum Gasteiger partial charge on any atom is -0.252 e. The summed E-state index contributed by atoms with van der Waals surface area (Å²) in [6, 6.07) is 16.6. The van der Waals surface area contributed by atoms with Gasteiger partial charge in [-0.05, 0) is 49.1 Å². The molecule has 2 aromatic heterocycles. The molecular formula is C23H20N6O2S2. The topological polar surface area (TPSA) is 109 Å². The average molecular weight is 477 g/mol. The van der Waals surface area contributed by atoms with Crippen molar-refractivity contribution in [2.24, 2.45) is 5.10 Å². The molecule has 0 atom stereocenters. The Morgan fingerprint density at radius 3 is 2.52 bits per heavy atom. The number of nitrogens with one attached hydrogen (secondary N) is 2. The fraction of sp³-hybridized carbons (Fsp3) is 0.130. The van der Waals surface area contributed by atoms with Crippen molar-refractivity contribution in [1.29, 1.82) is 0 Å². The zero-order valence-corrected chi connectivity index (χ0v) is 19.3. The second kappa shape index (κ2) is 8.72. The van der Waals surface area contributed by atoms with Crippen LogP contribution in [0.1, 0.15) is 23.2 Å². The molecule has 0 radical (unpaired) electrons. The van der Waals surface area contributed by atoms with Crippen LogP contribution < -0.4 is 10.1 Å². The number of benzene rings is 2. The zero-order valence-electron chi connectivity index (χ0n) is 17.7. The third-order valence-corrected chi connectivity index (χ3v) is 7.72. The molecule has 0 spiro atoms. The van der Waals surface area contributed by atoms with Crippen molar-refractivity contribution in [2.75, 3.05) is 10.1 Å². The highest BCUT2D eigenvalue weighted by Gasteiger charge is 2.18. The number of thiazole rings is 1. The summed E-state index contributed by atoms with van der Waals surface area (Å²) in [5.74, 6) is 0.0297. The monoisotopic (exact) mass is 476 g/mol. The van der Waals surface area contributed by atoms with Gasteiger partial charge in [0.25, 0.3) is 10.0 Å². The van der Waals surface area contributed by atoms with Gasteiger partial charge in [-0.1, -0.05) is 47.7 Å². The van der Waals surface area contributed by atoms with Crippen LogP contribution in [0, 0.1) is 6.92 Å². The molecule has 0 aliphatic heterocycles. The van der Waals surface area contributed by atoms with Crippen molar-refractivity contribution in [3.05, 3.63) is 83.8 Å². The standard InChI is InChI=1S/C23H20N6O2S2/c1-15-21(32-23(26-15)28-27-20-12-9-16-5-2-3-6-19(16)20)17-7-10-18(11-8-17)33(30,31)29-22-24-13-4-14-25-22/h2-8,10-11,13-14H,9,12H2,1H3,(H,26,28)(H,24,25,29)/b27-20-. The number of aromatic nitrogens is 3. The Morgan fingerprint density at radius 1 is 0.970 bits per heavy atom. The smallest absolute Gasteiger partial charge is 0.252 e. The van der Waals surface area contributed by atoms with E-state index in [0.29, 0.717) is 5.13 Å². The molecule has 2 heterocycles. The zero-order chi connectivity index (χ0) is 22.8. The van der Waals surface area contributed by atoms with Crippen LogP contribution in [0.25, 0.3) is 10.4 Å². The van der Waals surface area contributed by atoms with Gasteiger partial charge in [0.15, 0.2) is 0 Å². The molecule has 5 rings (SSSR count). The summed E-state index contributed by atoms with van der Waals surface area (Å²) in [4.78, 5) is 13.5. The van der Waals surface area contributed by atoms with E-state index >= 15 is 0 Å². The van der Waals surface area contributed by atoms with Gasteiger partial charge in [0, 0.05) is 18.0 Å². The largest absolute Gasteiger partial charge is 0.264 e. The van der Waals surface area contributed by atoms with E-state index in [1.165, 1.54) is 34.9 Å². The maximum Gasteiger partial charge on any atom is 0.264 e. The van der Waals surface area contributed by atoms with Crippen LogP contribution in [0.2, 0.25) is 0 Å². The second-order valence-electron chi connectivity index (χ2n) is 7.46. The molecule has 166 valence electrons. The van der Waals surface area contributed by atoms with Gasteiger partial charge in [0.2, 0.25) is 11.1 Å². The van der Waals surface area contributed by atoms with Crippen LogP contribution in [0.4, 0.5) is 11.1 Å². The normalized spacial score (nSPS) is 14.3. The number of nitrogens with zero attached hydrogens (tertiary/aromatic N) is 4. The van der Waals surface area contributed by atoms with Gasteiger partial charge in [-0.2, -0.15) is 5.10 Å². The predicted octanol–water partition coefficient (Wildman–Crippen LogP) is 4.47. The van der Waals surface area contributed by atoms with E-state index in [0.717, 1.165) is 34.7 Å². The second-order valence-corrected chi connectivity index (χ2v) is 10.1. The summed E-state index contributed by atoms with van der Waals surface area (Å²) >= 11 is 1.48. The van der Waals surface area contributed by atoms with E-state index in [4.69, 9.17) is 0 Å². The van der Waals surface area contributed by atoms with Gasteiger partial charge in [-0.25, -0.2) is 28.1 Å². The van der Waals surface area contributed by atoms with Gasteiger partial charge in [0.1, 0.15) is 0 Å². The van der Waals surface area contributed by atoms with Crippen LogP contribution in [0.5, 0.6) is 0 Å². The lowest BCUT2D eigenvalue weighted by Gasteiger charge is -2.07. The predicted molar refractivity (Wildman–Crippen MR) is 130 cm³/mol. The third-order valence-electron chi connectivity index (χ3n) is 5.26. The fourth-order valence-electron chi connectivity index (χ4n) is 3.67. The van der Waals surface area contributed by atoms with Crippen molar-refractivity contribution < 1.29 is 8.42 Å². The number of fused-ring (bicyclic) bond motifs is 1. The van der Waals surface area contributed by atoms with E-state index in [-0.39, 0.29) is 10.8 Å². The summed E-state index contributed by atoms with van der Waals surface area (Å²) in [5, 5.41) is 5.28. The molecule has 0 saturated carbocycles. The summed E-state index contributed by atoms with van der Waals surface area (Å²) < 4.78 is 27.6. The number of sulfonamides is 1. The Morgan fingerprint density at radius 2 is 1.73 bits per heavy atom. The van der Waals surface area contributed by atoms with Crippen molar-refractivity contribution in [2.45, 2.75) is 24.7 Å². The lowest BCUT2D eigenvalue weighted by atomic mass is 10.1. The minimum atomic E-state index is -3.78. The first-order valence-electron chi connectivity index (χ1n) is 10.3. The number of hydrogen-bond acceptors (Lipinski definition) is 8. The first kappa shape index (κ1) is 21.2. The molecule has 0 saturated heterocycles. The van der Waals surface area contributed by atoms with Gasteiger partial charge < -0.3 is 0 Å². The van der Waals surface area contributed by atoms with Crippen molar-refractivity contribution in [3.63, 3.8) is 0 Å². The summed E-state index contributed by atoms with van der Waals surface area (Å²) in [7, 11) is -3.78. The van der Waals surface area contributed by atoms with Crippen molar-refractivity contribution in [1.82, 2.24) is 15.0 Å². The number of hydrazone groups is 1. The van der Waals surface area contributed by atoms with E-state index in [1.54, 1.807) is 30.3 Å². The van der Waals surface area contributed by atoms with Crippen LogP contribution in [0.15, 0.2) is 77.0 Å². The highest BCUT2D eigenvalue weighted by atomic mass is 32.2. The van der Waals surface area contributed by atoms with Gasteiger partial charge in [-0.3, -0.25) is 5.43 Å². The molecular weight excluding hydrogens is 456 g/mol. The first-order chi connectivity index (χ1) is 16.0. The number of hydrogen-bond donors (Lipinski definition) is 2. The summed E-state index contributed by atoms with van der Waals surface area (Å²) in [5.41, 5.74) is 8.36. The van der Waals surface area contributed by atoms with Crippen molar-refractivity contribution in [3.8, 4) is 10.4 Å². The van der Waals surface area contributed by atoms with Crippen LogP contribution >= 0.6 is 11.3 Å². The van der Waals surface area contributed by atoms with Gasteiger partial charge in [-0.15, -0.1) is 0 Å². The molecule has 10 heteroatoms. The molecule has 0 amide bonds. The van der Waals surface area contributed by atoms with Crippen molar-refractivity contribution >= 4 is 38.2 Å². The summed E-state index contributed by atoms with van der Waals surface area (Å²) in [6.07, 6.45) is 4.85. The Balaban J connectivity index is 1.33. The van der Waals surface area contributed by atoms with Crippen LogP contribution in [-0.4, -0.2) is 29.1 Å². The molecule has 2 aromatic carbocycles. The quantitative estimate of drug-likeness (QED) is 0.397.